The highest BCUT2D eigenvalue weighted by Gasteiger charge is 2.32. The fourth-order valence-electron chi connectivity index (χ4n) is 0.788. The van der Waals surface area contributed by atoms with Crippen molar-refractivity contribution in [2.24, 2.45) is 0 Å². The minimum Gasteiger partial charge on any atom is -0.506 e. The lowest BCUT2D eigenvalue weighted by Gasteiger charge is -2.11. The van der Waals surface area contributed by atoms with Crippen molar-refractivity contribution < 1.29 is 23.0 Å². The van der Waals surface area contributed by atoms with Gasteiger partial charge >= 0.3 is 6.36 Å². The Balaban J connectivity index is 3.09. The molecule has 0 fully saturated rings. The SMILES string of the molecule is Nc1c(O)cc(Cl)cc1OC(F)(F)F. The van der Waals surface area contributed by atoms with Gasteiger partial charge in [-0.15, -0.1) is 13.2 Å². The second-order valence-corrected chi connectivity index (χ2v) is 2.82. The average Bonchev–Trinajstić information content (AvgIpc) is 1.96. The van der Waals surface area contributed by atoms with Crippen molar-refractivity contribution in [2.75, 3.05) is 5.73 Å². The van der Waals surface area contributed by atoms with Crippen molar-refractivity contribution in [2.45, 2.75) is 6.36 Å². The van der Waals surface area contributed by atoms with Crippen LogP contribution in [0.1, 0.15) is 0 Å². The molecule has 0 unspecified atom stereocenters. The van der Waals surface area contributed by atoms with E-state index in [9.17, 15) is 13.2 Å². The number of phenols is 1. The van der Waals surface area contributed by atoms with Crippen LogP contribution < -0.4 is 10.5 Å². The first-order valence-electron chi connectivity index (χ1n) is 3.33. The van der Waals surface area contributed by atoms with Crippen molar-refractivity contribution in [3.63, 3.8) is 0 Å². The fourth-order valence-corrected chi connectivity index (χ4v) is 0.991. The number of hydrogen-bond donors (Lipinski definition) is 2. The Morgan fingerprint density at radius 1 is 1.36 bits per heavy atom. The van der Waals surface area contributed by atoms with Crippen LogP contribution in [-0.4, -0.2) is 11.5 Å². The third-order valence-electron chi connectivity index (χ3n) is 1.31. The number of hydrogen-bond acceptors (Lipinski definition) is 3. The Hall–Kier alpha value is -1.30. The fraction of sp³-hybridized carbons (Fsp3) is 0.143. The number of rotatable bonds is 1. The third kappa shape index (κ3) is 2.59. The molecule has 0 aromatic heterocycles. The monoisotopic (exact) mass is 227 g/mol. The summed E-state index contributed by atoms with van der Waals surface area (Å²) >= 11 is 5.39. The van der Waals surface area contributed by atoms with Crippen LogP contribution in [0.5, 0.6) is 11.5 Å². The zero-order valence-corrected chi connectivity index (χ0v) is 7.36. The van der Waals surface area contributed by atoms with Crippen LogP contribution in [0.25, 0.3) is 0 Å². The lowest BCUT2D eigenvalue weighted by atomic mass is 10.3. The van der Waals surface area contributed by atoms with Crippen molar-refractivity contribution in [3.8, 4) is 11.5 Å². The van der Waals surface area contributed by atoms with E-state index in [0.717, 1.165) is 12.1 Å². The predicted octanol–water partition coefficient (Wildman–Crippen LogP) is 2.53. The molecule has 0 spiro atoms. The summed E-state index contributed by atoms with van der Waals surface area (Å²) in [6, 6.07) is 1.88. The summed E-state index contributed by atoms with van der Waals surface area (Å²) in [4.78, 5) is 0. The number of anilines is 1. The smallest absolute Gasteiger partial charge is 0.506 e. The number of ether oxygens (including phenoxy) is 1. The van der Waals surface area contributed by atoms with Gasteiger partial charge in [-0.1, -0.05) is 11.6 Å². The molecule has 0 amide bonds. The van der Waals surface area contributed by atoms with E-state index in [2.05, 4.69) is 4.74 Å². The standard InChI is InChI=1S/C7H5ClF3NO2/c8-3-1-4(13)6(12)5(2-3)14-7(9,10)11/h1-2,13H,12H2. The number of nitrogens with two attached hydrogens (primary N) is 1. The second-order valence-electron chi connectivity index (χ2n) is 2.38. The normalized spacial score (nSPS) is 11.4. The van der Waals surface area contributed by atoms with Gasteiger partial charge in [-0.2, -0.15) is 0 Å². The molecular weight excluding hydrogens is 223 g/mol. The quantitative estimate of drug-likeness (QED) is 0.573. The minimum atomic E-state index is -4.87. The van der Waals surface area contributed by atoms with E-state index in [-0.39, 0.29) is 5.02 Å². The van der Waals surface area contributed by atoms with Gasteiger partial charge in [0.25, 0.3) is 0 Å². The molecule has 0 heterocycles. The molecule has 0 saturated carbocycles. The molecule has 7 heteroatoms. The number of phenolic OH excluding ortho intramolecular Hbond substituents is 1. The van der Waals surface area contributed by atoms with Crippen LogP contribution in [0.2, 0.25) is 5.02 Å². The molecule has 0 atom stereocenters. The highest BCUT2D eigenvalue weighted by Crippen LogP contribution is 2.37. The second kappa shape index (κ2) is 3.45. The van der Waals surface area contributed by atoms with E-state index >= 15 is 0 Å². The molecule has 0 radical (unpaired) electrons. The minimum absolute atomic E-state index is 0.101. The Kier molecular flexibility index (Phi) is 2.66. The summed E-state index contributed by atoms with van der Waals surface area (Å²) in [5, 5.41) is 8.92. The zero-order chi connectivity index (χ0) is 10.9. The van der Waals surface area contributed by atoms with Crippen LogP contribution >= 0.6 is 11.6 Å². The average molecular weight is 228 g/mol. The Bertz CT molecular complexity index is 354. The van der Waals surface area contributed by atoms with E-state index in [1.54, 1.807) is 0 Å². The Morgan fingerprint density at radius 2 is 1.93 bits per heavy atom. The molecule has 1 rings (SSSR count). The van der Waals surface area contributed by atoms with Crippen molar-refractivity contribution >= 4 is 17.3 Å². The molecule has 0 aliphatic carbocycles. The molecule has 3 N–H and O–H groups in total. The Morgan fingerprint density at radius 3 is 2.43 bits per heavy atom. The summed E-state index contributed by atoms with van der Waals surface area (Å²) in [6.45, 7) is 0. The van der Waals surface area contributed by atoms with Crippen molar-refractivity contribution in [1.82, 2.24) is 0 Å². The maximum absolute atomic E-state index is 11.8. The summed E-state index contributed by atoms with van der Waals surface area (Å²) in [7, 11) is 0. The van der Waals surface area contributed by atoms with Gasteiger partial charge < -0.3 is 15.6 Å². The van der Waals surface area contributed by atoms with E-state index in [4.69, 9.17) is 22.4 Å². The largest absolute Gasteiger partial charge is 0.573 e. The topological polar surface area (TPSA) is 55.5 Å². The van der Waals surface area contributed by atoms with E-state index in [0.29, 0.717) is 0 Å². The number of aromatic hydroxyl groups is 1. The zero-order valence-electron chi connectivity index (χ0n) is 6.60. The summed E-state index contributed by atoms with van der Waals surface area (Å²) < 4.78 is 38.9. The molecule has 3 nitrogen and oxygen atoms in total. The Labute approximate surface area is 81.8 Å². The maximum Gasteiger partial charge on any atom is 0.573 e. The van der Waals surface area contributed by atoms with Gasteiger partial charge in [-0.05, 0) is 0 Å². The van der Waals surface area contributed by atoms with Gasteiger partial charge in [-0.3, -0.25) is 0 Å². The molecule has 78 valence electrons. The highest BCUT2D eigenvalue weighted by atomic mass is 35.5. The molecule has 0 aliphatic heterocycles. The number of benzene rings is 1. The number of halogens is 4. The van der Waals surface area contributed by atoms with Gasteiger partial charge in [0.15, 0.2) is 5.75 Å². The molecule has 14 heavy (non-hydrogen) atoms. The van der Waals surface area contributed by atoms with Gasteiger partial charge in [0.2, 0.25) is 0 Å². The van der Waals surface area contributed by atoms with Gasteiger partial charge in [0.1, 0.15) is 11.4 Å². The number of alkyl halides is 3. The van der Waals surface area contributed by atoms with Crippen LogP contribution in [0, 0.1) is 0 Å². The highest BCUT2D eigenvalue weighted by molar-refractivity contribution is 6.31. The van der Waals surface area contributed by atoms with Gasteiger partial charge in [0.05, 0.1) is 0 Å². The van der Waals surface area contributed by atoms with E-state index in [1.807, 2.05) is 0 Å². The first kappa shape index (κ1) is 10.8. The van der Waals surface area contributed by atoms with Crippen molar-refractivity contribution in [1.29, 1.82) is 0 Å². The first-order chi connectivity index (χ1) is 6.29. The summed E-state index contributed by atoms with van der Waals surface area (Å²) in [5.74, 6) is -1.28. The lowest BCUT2D eigenvalue weighted by Crippen LogP contribution is -2.18. The summed E-state index contributed by atoms with van der Waals surface area (Å²) in [6.07, 6.45) is -4.87. The predicted molar refractivity (Wildman–Crippen MR) is 44.2 cm³/mol. The lowest BCUT2D eigenvalue weighted by molar-refractivity contribution is -0.274. The molecule has 0 saturated heterocycles. The molecule has 1 aromatic rings. The summed E-state index contributed by atoms with van der Waals surface area (Å²) in [5.41, 5.74) is 4.62. The first-order valence-corrected chi connectivity index (χ1v) is 3.71. The van der Waals surface area contributed by atoms with Crippen LogP contribution in [0.15, 0.2) is 12.1 Å². The maximum atomic E-state index is 11.8. The molecular formula is C7H5ClF3NO2. The van der Waals surface area contributed by atoms with Crippen LogP contribution in [-0.2, 0) is 0 Å². The van der Waals surface area contributed by atoms with Gasteiger partial charge in [0, 0.05) is 17.2 Å². The van der Waals surface area contributed by atoms with E-state index in [1.165, 1.54) is 0 Å². The molecule has 1 aromatic carbocycles. The molecule has 0 aliphatic rings. The van der Waals surface area contributed by atoms with Gasteiger partial charge in [-0.25, -0.2) is 0 Å². The van der Waals surface area contributed by atoms with E-state index < -0.39 is 23.5 Å². The number of nitrogen functional groups attached to an aromatic ring is 1. The molecule has 0 bridgehead atoms. The third-order valence-corrected chi connectivity index (χ3v) is 1.53. The van der Waals surface area contributed by atoms with Crippen LogP contribution in [0.4, 0.5) is 18.9 Å². The van der Waals surface area contributed by atoms with Crippen LogP contribution in [0.3, 0.4) is 0 Å². The van der Waals surface area contributed by atoms with Crippen molar-refractivity contribution in [3.05, 3.63) is 17.2 Å².